The first-order chi connectivity index (χ1) is 16.1. The molecule has 0 bridgehead atoms. The Morgan fingerprint density at radius 2 is 1.68 bits per heavy atom. The second kappa shape index (κ2) is 9.35. The summed E-state index contributed by atoms with van der Waals surface area (Å²) in [6, 6.07) is 21.7. The van der Waals surface area contributed by atoms with Gasteiger partial charge in [-0.15, -0.1) is 0 Å². The van der Waals surface area contributed by atoms with Gasteiger partial charge in [0, 0.05) is 16.3 Å². The molecule has 174 valence electrons. The number of fused-ring (bicyclic) bond motifs is 1. The number of hydrogen-bond acceptors (Lipinski definition) is 4. The van der Waals surface area contributed by atoms with E-state index in [1.807, 2.05) is 42.5 Å². The van der Waals surface area contributed by atoms with Crippen LogP contribution in [0.2, 0.25) is 5.02 Å². The monoisotopic (exact) mass is 475 g/mol. The number of amides is 1. The van der Waals surface area contributed by atoms with Crippen LogP contribution in [0.5, 0.6) is 5.75 Å². The molecule has 0 aliphatic rings. The molecule has 0 saturated carbocycles. The molecule has 34 heavy (non-hydrogen) atoms. The molecule has 1 heterocycles. The van der Waals surface area contributed by atoms with Crippen LogP contribution < -0.4 is 15.5 Å². The van der Waals surface area contributed by atoms with Crippen molar-refractivity contribution < 1.29 is 13.9 Å². The molecule has 0 radical (unpaired) electrons. The summed E-state index contributed by atoms with van der Waals surface area (Å²) >= 11 is 6.12. The Hall–Kier alpha value is -3.57. The van der Waals surface area contributed by atoms with Crippen LogP contribution in [-0.4, -0.2) is 12.0 Å². The minimum atomic E-state index is -0.952. The number of halogens is 1. The van der Waals surface area contributed by atoms with Crippen molar-refractivity contribution in [3.8, 4) is 17.1 Å². The average molecular weight is 476 g/mol. The smallest absolute Gasteiger partial charge is 0.265 e. The molecule has 4 aromatic rings. The van der Waals surface area contributed by atoms with Gasteiger partial charge in [0.25, 0.3) is 5.91 Å². The van der Waals surface area contributed by atoms with Gasteiger partial charge in [-0.25, -0.2) is 0 Å². The van der Waals surface area contributed by atoms with Crippen LogP contribution >= 0.6 is 11.6 Å². The Morgan fingerprint density at radius 3 is 2.32 bits per heavy atom. The molecule has 4 rings (SSSR count). The van der Waals surface area contributed by atoms with Crippen LogP contribution in [0.15, 0.2) is 82.0 Å². The molecule has 0 saturated heterocycles. The molecule has 3 aromatic carbocycles. The fourth-order valence-electron chi connectivity index (χ4n) is 3.56. The van der Waals surface area contributed by atoms with Crippen molar-refractivity contribution in [2.24, 2.45) is 0 Å². The third kappa shape index (κ3) is 5.00. The van der Waals surface area contributed by atoms with Crippen LogP contribution in [0.3, 0.4) is 0 Å². The first kappa shape index (κ1) is 23.6. The predicted octanol–water partition coefficient (Wildman–Crippen LogP) is 6.82. The van der Waals surface area contributed by atoms with Crippen molar-refractivity contribution in [1.29, 1.82) is 0 Å². The second-order valence-corrected chi connectivity index (χ2v) is 9.61. The Morgan fingerprint density at radius 1 is 1.00 bits per heavy atom. The molecule has 5 nitrogen and oxygen atoms in total. The maximum Gasteiger partial charge on any atom is 0.265 e. The number of nitrogens with one attached hydrogen (secondary N) is 1. The Kier molecular flexibility index (Phi) is 6.49. The highest BCUT2D eigenvalue weighted by molar-refractivity contribution is 6.31. The topological polar surface area (TPSA) is 68.5 Å². The Labute approximate surface area is 203 Å². The highest BCUT2D eigenvalue weighted by Crippen LogP contribution is 2.34. The Bertz CT molecular complexity index is 1390. The fraction of sp³-hybridized carbons (Fsp3) is 0.214. The van der Waals surface area contributed by atoms with E-state index in [0.29, 0.717) is 21.9 Å². The van der Waals surface area contributed by atoms with Gasteiger partial charge in [0.05, 0.1) is 5.39 Å². The molecular weight excluding hydrogens is 450 g/mol. The van der Waals surface area contributed by atoms with E-state index in [1.165, 1.54) is 6.07 Å². The Balaban J connectivity index is 1.76. The second-order valence-electron chi connectivity index (χ2n) is 9.17. The maximum absolute atomic E-state index is 13.4. The van der Waals surface area contributed by atoms with Crippen LogP contribution in [0, 0.1) is 0 Å². The molecule has 0 aliphatic heterocycles. The molecular formula is C28H26ClNO4. The third-order valence-corrected chi connectivity index (χ3v) is 5.76. The molecule has 1 atom stereocenters. The van der Waals surface area contributed by atoms with E-state index < -0.39 is 11.5 Å². The number of benzene rings is 3. The number of ether oxygens (including phenoxy) is 1. The van der Waals surface area contributed by atoms with Crippen LogP contribution in [0.25, 0.3) is 22.3 Å². The van der Waals surface area contributed by atoms with E-state index in [-0.39, 0.29) is 28.2 Å². The maximum atomic E-state index is 13.4. The zero-order valence-electron chi connectivity index (χ0n) is 19.5. The number of rotatable bonds is 5. The molecule has 1 N–H and O–H groups in total. The minimum absolute atomic E-state index is 0.0249. The first-order valence-corrected chi connectivity index (χ1v) is 11.4. The van der Waals surface area contributed by atoms with Crippen molar-refractivity contribution in [2.75, 3.05) is 5.32 Å². The highest BCUT2D eigenvalue weighted by Gasteiger charge is 2.24. The van der Waals surface area contributed by atoms with Gasteiger partial charge in [-0.1, -0.05) is 74.8 Å². The van der Waals surface area contributed by atoms with Gasteiger partial charge in [-0.2, -0.15) is 0 Å². The van der Waals surface area contributed by atoms with E-state index in [9.17, 15) is 9.59 Å². The van der Waals surface area contributed by atoms with Crippen LogP contribution in [0.4, 0.5) is 5.69 Å². The van der Waals surface area contributed by atoms with E-state index in [0.717, 1.165) is 5.56 Å². The normalized spacial score (nSPS) is 12.4. The molecule has 1 amide bonds. The van der Waals surface area contributed by atoms with E-state index >= 15 is 0 Å². The van der Waals surface area contributed by atoms with Gasteiger partial charge in [-0.05, 0) is 48.2 Å². The SMILES string of the molecule is CC(Oc1c(-c2ccc(C(C)(C)C)cc2)oc2ccc(Cl)cc2c1=O)C(=O)Nc1ccccc1. The minimum Gasteiger partial charge on any atom is -0.473 e. The number of carbonyl (C=O) groups is 1. The largest absolute Gasteiger partial charge is 0.473 e. The summed E-state index contributed by atoms with van der Waals surface area (Å²) < 4.78 is 12.1. The van der Waals surface area contributed by atoms with Gasteiger partial charge < -0.3 is 14.5 Å². The summed E-state index contributed by atoms with van der Waals surface area (Å²) in [5.74, 6) is -0.153. The highest BCUT2D eigenvalue weighted by atomic mass is 35.5. The summed E-state index contributed by atoms with van der Waals surface area (Å²) in [6.45, 7) is 7.97. The summed E-state index contributed by atoms with van der Waals surface area (Å²) in [7, 11) is 0. The van der Waals surface area contributed by atoms with Crippen molar-refractivity contribution in [3.05, 3.63) is 93.6 Å². The van der Waals surface area contributed by atoms with Crippen molar-refractivity contribution in [3.63, 3.8) is 0 Å². The van der Waals surface area contributed by atoms with E-state index in [1.54, 1.807) is 31.2 Å². The molecule has 0 fully saturated rings. The number of hydrogen-bond donors (Lipinski definition) is 1. The van der Waals surface area contributed by atoms with Crippen LogP contribution in [-0.2, 0) is 10.2 Å². The summed E-state index contributed by atoms with van der Waals surface area (Å²) in [4.78, 5) is 26.2. The summed E-state index contributed by atoms with van der Waals surface area (Å²) in [6.07, 6.45) is -0.952. The summed E-state index contributed by atoms with van der Waals surface area (Å²) in [5, 5.41) is 3.48. The molecule has 6 heteroatoms. The lowest BCUT2D eigenvalue weighted by molar-refractivity contribution is -0.122. The van der Waals surface area contributed by atoms with E-state index in [4.69, 9.17) is 20.8 Å². The van der Waals surface area contributed by atoms with E-state index in [2.05, 4.69) is 26.1 Å². The van der Waals surface area contributed by atoms with Gasteiger partial charge in [-0.3, -0.25) is 9.59 Å². The lowest BCUT2D eigenvalue weighted by Gasteiger charge is -2.20. The lowest BCUT2D eigenvalue weighted by Crippen LogP contribution is -2.31. The van der Waals surface area contributed by atoms with Gasteiger partial charge >= 0.3 is 0 Å². The molecule has 1 aromatic heterocycles. The standard InChI is InChI=1S/C28H26ClNO4/c1-17(27(32)30-21-8-6-5-7-9-21)33-26-24(31)22-16-20(29)14-15-23(22)34-25(26)18-10-12-19(13-11-18)28(2,3)4/h5-17H,1-4H3,(H,30,32). The zero-order valence-corrected chi connectivity index (χ0v) is 20.3. The quantitative estimate of drug-likeness (QED) is 0.344. The lowest BCUT2D eigenvalue weighted by atomic mass is 9.86. The van der Waals surface area contributed by atoms with Crippen molar-refractivity contribution in [2.45, 2.75) is 39.2 Å². The number of carbonyl (C=O) groups excluding carboxylic acids is 1. The average Bonchev–Trinajstić information content (AvgIpc) is 2.81. The molecule has 0 spiro atoms. The van der Waals surface area contributed by atoms with Crippen molar-refractivity contribution in [1.82, 2.24) is 0 Å². The predicted molar refractivity (Wildman–Crippen MR) is 137 cm³/mol. The molecule has 0 aliphatic carbocycles. The summed E-state index contributed by atoms with van der Waals surface area (Å²) in [5.41, 5.74) is 2.43. The van der Waals surface area contributed by atoms with Gasteiger partial charge in [0.1, 0.15) is 5.58 Å². The number of para-hydroxylation sites is 1. The number of anilines is 1. The fourth-order valence-corrected chi connectivity index (χ4v) is 3.74. The molecule has 1 unspecified atom stereocenters. The van der Waals surface area contributed by atoms with Gasteiger partial charge in [0.15, 0.2) is 11.9 Å². The first-order valence-electron chi connectivity index (χ1n) is 11.0. The van der Waals surface area contributed by atoms with Crippen LogP contribution in [0.1, 0.15) is 33.3 Å². The van der Waals surface area contributed by atoms with Gasteiger partial charge in [0.2, 0.25) is 11.2 Å². The van der Waals surface area contributed by atoms with Crippen molar-refractivity contribution >= 4 is 34.2 Å². The third-order valence-electron chi connectivity index (χ3n) is 5.53. The zero-order chi connectivity index (χ0) is 24.5.